The molecule has 1 aromatic rings. The van der Waals surface area contributed by atoms with E-state index in [0.29, 0.717) is 12.1 Å². The number of nitrogens with two attached hydrogens (primary N) is 1. The standard InChI is InChI=1S/C14H18F2N2O/c1-18-8-2-3-9(18)7-10(6-8)19-14-12(17)5-4-11(15)13(14)16/h4-5,8-10H,2-3,6-7,17H2,1H3. The summed E-state index contributed by atoms with van der Waals surface area (Å²) < 4.78 is 32.6. The Labute approximate surface area is 111 Å². The molecule has 2 bridgehead atoms. The SMILES string of the molecule is CN1C2CCC1CC(Oc1c(N)ccc(F)c1F)C2. The van der Waals surface area contributed by atoms with Crippen molar-refractivity contribution in [1.29, 1.82) is 0 Å². The van der Waals surface area contributed by atoms with Crippen LogP contribution in [0.2, 0.25) is 0 Å². The van der Waals surface area contributed by atoms with Gasteiger partial charge in [0, 0.05) is 12.1 Å². The number of piperidine rings is 1. The molecule has 0 saturated carbocycles. The van der Waals surface area contributed by atoms with Gasteiger partial charge in [-0.1, -0.05) is 0 Å². The van der Waals surface area contributed by atoms with Crippen LogP contribution in [0.3, 0.4) is 0 Å². The van der Waals surface area contributed by atoms with Crippen molar-refractivity contribution < 1.29 is 13.5 Å². The highest BCUT2D eigenvalue weighted by Crippen LogP contribution is 2.37. The Balaban J connectivity index is 1.78. The van der Waals surface area contributed by atoms with Gasteiger partial charge in [0.1, 0.15) is 6.10 Å². The summed E-state index contributed by atoms with van der Waals surface area (Å²) in [5.41, 5.74) is 5.84. The van der Waals surface area contributed by atoms with E-state index in [0.717, 1.165) is 31.7 Å². The molecule has 104 valence electrons. The minimum Gasteiger partial charge on any atom is -0.485 e. The predicted octanol–water partition coefficient (Wildman–Crippen LogP) is 2.55. The number of nitrogen functional groups attached to an aromatic ring is 1. The first kappa shape index (κ1) is 12.7. The molecule has 2 N–H and O–H groups in total. The average molecular weight is 268 g/mol. The molecule has 2 saturated heterocycles. The van der Waals surface area contributed by atoms with Gasteiger partial charge in [-0.25, -0.2) is 4.39 Å². The number of hydrogen-bond acceptors (Lipinski definition) is 3. The summed E-state index contributed by atoms with van der Waals surface area (Å²) in [7, 11) is 2.12. The van der Waals surface area contributed by atoms with Gasteiger partial charge >= 0.3 is 0 Å². The summed E-state index contributed by atoms with van der Waals surface area (Å²) in [4.78, 5) is 2.37. The molecule has 2 unspecified atom stereocenters. The van der Waals surface area contributed by atoms with E-state index in [1.54, 1.807) is 0 Å². The van der Waals surface area contributed by atoms with Crippen LogP contribution in [0.25, 0.3) is 0 Å². The Bertz CT molecular complexity index is 481. The van der Waals surface area contributed by atoms with Crippen LogP contribution in [0, 0.1) is 11.6 Å². The van der Waals surface area contributed by atoms with E-state index in [1.807, 2.05) is 0 Å². The molecule has 2 atom stereocenters. The van der Waals surface area contributed by atoms with Crippen molar-refractivity contribution in [3.05, 3.63) is 23.8 Å². The largest absolute Gasteiger partial charge is 0.485 e. The van der Waals surface area contributed by atoms with E-state index in [1.165, 1.54) is 6.07 Å². The topological polar surface area (TPSA) is 38.5 Å². The molecule has 0 aliphatic carbocycles. The summed E-state index contributed by atoms with van der Waals surface area (Å²) >= 11 is 0. The Morgan fingerprint density at radius 2 is 1.84 bits per heavy atom. The molecule has 3 rings (SSSR count). The number of rotatable bonds is 2. The van der Waals surface area contributed by atoms with Gasteiger partial charge < -0.3 is 15.4 Å². The van der Waals surface area contributed by atoms with E-state index >= 15 is 0 Å². The Hall–Kier alpha value is -1.36. The summed E-state index contributed by atoms with van der Waals surface area (Å²) in [6.07, 6.45) is 3.93. The molecule has 5 heteroatoms. The lowest BCUT2D eigenvalue weighted by Crippen LogP contribution is -2.44. The zero-order valence-electron chi connectivity index (χ0n) is 10.9. The van der Waals surface area contributed by atoms with Gasteiger partial charge in [0.15, 0.2) is 11.6 Å². The summed E-state index contributed by atoms with van der Waals surface area (Å²) in [6.45, 7) is 0. The Kier molecular flexibility index (Phi) is 3.09. The summed E-state index contributed by atoms with van der Waals surface area (Å²) in [6, 6.07) is 3.34. The number of fused-ring (bicyclic) bond motifs is 2. The third-order valence-electron chi connectivity index (χ3n) is 4.42. The first-order chi connectivity index (χ1) is 9.06. The first-order valence-corrected chi connectivity index (χ1v) is 6.68. The number of ether oxygens (including phenoxy) is 1. The van der Waals surface area contributed by atoms with Gasteiger partial charge in [0.05, 0.1) is 5.69 Å². The molecule has 0 aromatic heterocycles. The highest BCUT2D eigenvalue weighted by Gasteiger charge is 2.39. The van der Waals surface area contributed by atoms with Crippen LogP contribution in [0.1, 0.15) is 25.7 Å². The lowest BCUT2D eigenvalue weighted by Gasteiger charge is -2.36. The average Bonchev–Trinajstić information content (AvgIpc) is 2.63. The Morgan fingerprint density at radius 3 is 2.47 bits per heavy atom. The minimum absolute atomic E-state index is 0.0766. The normalized spacial score (nSPS) is 30.6. The van der Waals surface area contributed by atoms with Gasteiger partial charge in [-0.05, 0) is 44.9 Å². The van der Waals surface area contributed by atoms with Gasteiger partial charge in [-0.2, -0.15) is 4.39 Å². The minimum atomic E-state index is -0.980. The zero-order valence-corrected chi connectivity index (χ0v) is 10.9. The number of halogens is 2. The quantitative estimate of drug-likeness (QED) is 0.838. The van der Waals surface area contributed by atoms with Crippen LogP contribution in [-0.4, -0.2) is 30.1 Å². The van der Waals surface area contributed by atoms with E-state index in [9.17, 15) is 8.78 Å². The second kappa shape index (κ2) is 4.63. The highest BCUT2D eigenvalue weighted by molar-refractivity contribution is 5.53. The van der Waals surface area contributed by atoms with Crippen LogP contribution in [0.4, 0.5) is 14.5 Å². The van der Waals surface area contributed by atoms with Crippen molar-refractivity contribution in [2.24, 2.45) is 0 Å². The van der Waals surface area contributed by atoms with E-state index in [4.69, 9.17) is 10.5 Å². The maximum Gasteiger partial charge on any atom is 0.202 e. The molecule has 2 fully saturated rings. The maximum absolute atomic E-state index is 13.7. The molecule has 0 amide bonds. The molecule has 2 aliphatic heterocycles. The van der Waals surface area contributed by atoms with Gasteiger partial charge in [0.25, 0.3) is 0 Å². The van der Waals surface area contributed by atoms with Crippen molar-refractivity contribution >= 4 is 5.69 Å². The summed E-state index contributed by atoms with van der Waals surface area (Å²) in [5, 5.41) is 0. The van der Waals surface area contributed by atoms with Crippen LogP contribution in [0.5, 0.6) is 5.75 Å². The third kappa shape index (κ3) is 2.16. The molecule has 2 aliphatic rings. The fourth-order valence-corrected chi connectivity index (χ4v) is 3.29. The molecular formula is C14H18F2N2O. The monoisotopic (exact) mass is 268 g/mol. The van der Waals surface area contributed by atoms with Crippen LogP contribution in [0.15, 0.2) is 12.1 Å². The zero-order chi connectivity index (χ0) is 13.6. The highest BCUT2D eigenvalue weighted by atomic mass is 19.2. The number of hydrogen-bond donors (Lipinski definition) is 1. The molecule has 1 aromatic carbocycles. The number of nitrogens with zero attached hydrogens (tertiary/aromatic N) is 1. The van der Waals surface area contributed by atoms with Gasteiger partial charge in [0.2, 0.25) is 5.82 Å². The van der Waals surface area contributed by atoms with Crippen LogP contribution >= 0.6 is 0 Å². The van der Waals surface area contributed by atoms with Gasteiger partial charge in [-0.3, -0.25) is 0 Å². The van der Waals surface area contributed by atoms with Crippen molar-refractivity contribution in [2.45, 2.75) is 43.9 Å². The van der Waals surface area contributed by atoms with Crippen molar-refractivity contribution in [1.82, 2.24) is 4.90 Å². The van der Waals surface area contributed by atoms with Gasteiger partial charge in [-0.15, -0.1) is 0 Å². The van der Waals surface area contributed by atoms with E-state index < -0.39 is 11.6 Å². The van der Waals surface area contributed by atoms with Crippen molar-refractivity contribution in [2.75, 3.05) is 12.8 Å². The smallest absolute Gasteiger partial charge is 0.202 e. The molecule has 0 radical (unpaired) electrons. The fraction of sp³-hybridized carbons (Fsp3) is 0.571. The van der Waals surface area contributed by atoms with E-state index in [2.05, 4.69) is 11.9 Å². The summed E-state index contributed by atoms with van der Waals surface area (Å²) in [5.74, 6) is -2.03. The second-order valence-corrected chi connectivity index (χ2v) is 5.54. The number of benzene rings is 1. The van der Waals surface area contributed by atoms with Crippen LogP contribution < -0.4 is 10.5 Å². The maximum atomic E-state index is 13.7. The molecule has 3 nitrogen and oxygen atoms in total. The molecule has 0 spiro atoms. The van der Waals surface area contributed by atoms with Crippen LogP contribution in [-0.2, 0) is 0 Å². The number of anilines is 1. The first-order valence-electron chi connectivity index (χ1n) is 6.68. The van der Waals surface area contributed by atoms with Crippen molar-refractivity contribution in [3.63, 3.8) is 0 Å². The lowest BCUT2D eigenvalue weighted by molar-refractivity contribution is 0.0636. The Morgan fingerprint density at radius 1 is 1.21 bits per heavy atom. The van der Waals surface area contributed by atoms with E-state index in [-0.39, 0.29) is 17.5 Å². The molecular weight excluding hydrogens is 250 g/mol. The van der Waals surface area contributed by atoms with Crippen molar-refractivity contribution in [3.8, 4) is 5.75 Å². The predicted molar refractivity (Wildman–Crippen MR) is 69.0 cm³/mol. The third-order valence-corrected chi connectivity index (χ3v) is 4.42. The lowest BCUT2D eigenvalue weighted by atomic mass is 10.0. The second-order valence-electron chi connectivity index (χ2n) is 5.54. The molecule has 2 heterocycles. The molecule has 19 heavy (non-hydrogen) atoms. The fourth-order valence-electron chi connectivity index (χ4n) is 3.29.